The second kappa shape index (κ2) is 7.09. The third-order valence-electron chi connectivity index (χ3n) is 4.34. The molecule has 9 heteroatoms. The number of pyridine rings is 1. The van der Waals surface area contributed by atoms with Gasteiger partial charge in [-0.05, 0) is 24.3 Å². The topological polar surface area (TPSA) is 92.3 Å². The van der Waals surface area contributed by atoms with Crippen molar-refractivity contribution < 1.29 is 23.4 Å². The summed E-state index contributed by atoms with van der Waals surface area (Å²) in [7, 11) is 1.30. The molecule has 1 saturated carbocycles. The molecule has 1 aliphatic rings. The minimum atomic E-state index is -2.98. The number of carbonyl (C=O) groups is 1. The Bertz CT molecular complexity index is 1100. The summed E-state index contributed by atoms with van der Waals surface area (Å²) in [6.45, 7) is 0. The number of carboxylic acids is 1. The van der Waals surface area contributed by atoms with Gasteiger partial charge in [-0.3, -0.25) is 9.36 Å². The molecule has 1 heterocycles. The van der Waals surface area contributed by atoms with E-state index in [4.69, 9.17) is 16.3 Å². The lowest BCUT2D eigenvalue weighted by molar-refractivity contribution is -0.130. The van der Waals surface area contributed by atoms with Gasteiger partial charge in [-0.2, -0.15) is 5.26 Å². The number of aliphatic carboxylic acids is 1. The zero-order valence-electron chi connectivity index (χ0n) is 14.4. The molecule has 3 rings (SSSR count). The minimum Gasteiger partial charge on any atom is -0.495 e. The van der Waals surface area contributed by atoms with E-state index < -0.39 is 35.5 Å². The molecule has 6 nitrogen and oxygen atoms in total. The fourth-order valence-electron chi connectivity index (χ4n) is 2.77. The molecule has 0 saturated heterocycles. The highest BCUT2D eigenvalue weighted by molar-refractivity contribution is 6.31. The van der Waals surface area contributed by atoms with Gasteiger partial charge in [-0.25, -0.2) is 13.6 Å². The van der Waals surface area contributed by atoms with Gasteiger partial charge < -0.3 is 9.84 Å². The number of hydrogen-bond donors (Lipinski definition) is 1. The van der Waals surface area contributed by atoms with Gasteiger partial charge in [-0.15, -0.1) is 0 Å². The molecule has 0 bridgehead atoms. The Kier molecular flexibility index (Phi) is 4.96. The van der Waals surface area contributed by atoms with E-state index in [1.165, 1.54) is 25.3 Å². The fraction of sp³-hybridized carbons (Fsp3) is 0.211. The molecule has 0 spiro atoms. The average Bonchev–Trinajstić information content (AvgIpc) is 3.25. The van der Waals surface area contributed by atoms with Crippen LogP contribution in [-0.2, 0) is 4.79 Å². The summed E-state index contributed by atoms with van der Waals surface area (Å²) in [5, 5.41) is 19.0. The van der Waals surface area contributed by atoms with Gasteiger partial charge in [0.25, 0.3) is 11.5 Å². The third-order valence-corrected chi connectivity index (χ3v) is 4.58. The van der Waals surface area contributed by atoms with Crippen LogP contribution in [0.1, 0.15) is 12.0 Å². The number of carboxylic acid groups (broad SMARTS) is 1. The van der Waals surface area contributed by atoms with Crippen LogP contribution in [0.15, 0.2) is 41.3 Å². The standard InChI is InChI=1S/C19H13ClF2N2O4/c1-28-16-9-24(15(18(26)27)4-11-7-19(11,21)22)17(25)6-14(16)13-5-12(20)3-2-10(13)8-23/h2-6,9,11H,7H2,1H3,(H,26,27). The number of aromatic nitrogens is 1. The first kappa shape index (κ1) is 19.6. The van der Waals surface area contributed by atoms with E-state index in [0.717, 1.165) is 22.9 Å². The Morgan fingerprint density at radius 1 is 1.43 bits per heavy atom. The molecule has 1 aromatic heterocycles. The smallest absolute Gasteiger partial charge is 0.352 e. The lowest BCUT2D eigenvalue weighted by Gasteiger charge is -2.14. The third kappa shape index (κ3) is 3.62. The molecule has 1 aromatic carbocycles. The van der Waals surface area contributed by atoms with E-state index in [1.807, 2.05) is 6.07 Å². The summed E-state index contributed by atoms with van der Waals surface area (Å²) in [6.07, 6.45) is 1.49. The largest absolute Gasteiger partial charge is 0.495 e. The van der Waals surface area contributed by atoms with Crippen LogP contribution in [0, 0.1) is 17.2 Å². The van der Waals surface area contributed by atoms with Crippen LogP contribution in [0.25, 0.3) is 16.8 Å². The summed E-state index contributed by atoms with van der Waals surface area (Å²) < 4.78 is 32.4. The first-order valence-corrected chi connectivity index (χ1v) is 8.39. The van der Waals surface area contributed by atoms with Gasteiger partial charge in [-0.1, -0.05) is 11.6 Å². The maximum atomic E-state index is 13.2. The quantitative estimate of drug-likeness (QED) is 0.765. The highest BCUT2D eigenvalue weighted by atomic mass is 35.5. The van der Waals surface area contributed by atoms with Gasteiger partial charge >= 0.3 is 5.97 Å². The Morgan fingerprint density at radius 3 is 2.64 bits per heavy atom. The lowest BCUT2D eigenvalue weighted by atomic mass is 10.0. The summed E-state index contributed by atoms with van der Waals surface area (Å²) in [5.74, 6) is -5.67. The molecule has 1 fully saturated rings. The Labute approximate surface area is 162 Å². The van der Waals surface area contributed by atoms with Gasteiger partial charge in [0.2, 0.25) is 0 Å². The maximum Gasteiger partial charge on any atom is 0.352 e. The highest BCUT2D eigenvalue weighted by Gasteiger charge is 2.55. The summed E-state index contributed by atoms with van der Waals surface area (Å²) in [4.78, 5) is 24.1. The number of alkyl halides is 2. The number of methoxy groups -OCH3 is 1. The Morgan fingerprint density at radius 2 is 2.11 bits per heavy atom. The number of nitriles is 1. The van der Waals surface area contributed by atoms with Gasteiger partial charge in [0.05, 0.1) is 24.9 Å². The van der Waals surface area contributed by atoms with E-state index in [-0.39, 0.29) is 16.9 Å². The molecule has 1 unspecified atom stereocenters. The molecule has 1 N–H and O–H groups in total. The molecule has 0 aliphatic heterocycles. The van der Waals surface area contributed by atoms with Crippen LogP contribution in [0.5, 0.6) is 5.75 Å². The van der Waals surface area contributed by atoms with Crippen LogP contribution in [-0.4, -0.2) is 28.7 Å². The molecule has 1 atom stereocenters. The van der Waals surface area contributed by atoms with Crippen molar-refractivity contribution >= 4 is 23.3 Å². The van der Waals surface area contributed by atoms with Crippen molar-refractivity contribution in [3.8, 4) is 22.9 Å². The van der Waals surface area contributed by atoms with E-state index >= 15 is 0 Å². The summed E-state index contributed by atoms with van der Waals surface area (Å²) in [6, 6.07) is 7.51. The number of rotatable bonds is 5. The van der Waals surface area contributed by atoms with Crippen molar-refractivity contribution in [3.63, 3.8) is 0 Å². The fourth-order valence-corrected chi connectivity index (χ4v) is 2.95. The lowest BCUT2D eigenvalue weighted by Crippen LogP contribution is -2.23. The predicted octanol–water partition coefficient (Wildman–Crippen LogP) is 3.63. The first-order chi connectivity index (χ1) is 13.2. The normalized spacial score (nSPS) is 17.7. The molecule has 0 radical (unpaired) electrons. The predicted molar refractivity (Wildman–Crippen MR) is 97.4 cm³/mol. The average molecular weight is 407 g/mol. The van der Waals surface area contributed by atoms with E-state index in [1.54, 1.807) is 0 Å². The number of benzene rings is 1. The monoisotopic (exact) mass is 406 g/mol. The summed E-state index contributed by atoms with van der Waals surface area (Å²) in [5.41, 5.74) is -0.595. The van der Waals surface area contributed by atoms with E-state index in [2.05, 4.69) is 0 Å². The van der Waals surface area contributed by atoms with Crippen molar-refractivity contribution in [2.24, 2.45) is 5.92 Å². The van der Waals surface area contributed by atoms with Gasteiger partial charge in [0, 0.05) is 34.6 Å². The molecule has 28 heavy (non-hydrogen) atoms. The van der Waals surface area contributed by atoms with Crippen molar-refractivity contribution in [3.05, 3.63) is 57.5 Å². The van der Waals surface area contributed by atoms with Crippen molar-refractivity contribution in [2.75, 3.05) is 7.11 Å². The van der Waals surface area contributed by atoms with E-state index in [9.17, 15) is 28.7 Å². The zero-order valence-corrected chi connectivity index (χ0v) is 15.2. The maximum absolute atomic E-state index is 13.2. The molecule has 144 valence electrons. The van der Waals surface area contributed by atoms with Crippen LogP contribution >= 0.6 is 11.6 Å². The van der Waals surface area contributed by atoms with Crippen LogP contribution in [0.4, 0.5) is 8.78 Å². The molecule has 0 amide bonds. The highest BCUT2D eigenvalue weighted by Crippen LogP contribution is 2.50. The number of allylic oxidation sites excluding steroid dienone is 1. The van der Waals surface area contributed by atoms with Gasteiger partial charge in [0.1, 0.15) is 11.4 Å². The van der Waals surface area contributed by atoms with Crippen molar-refractivity contribution in [2.45, 2.75) is 12.3 Å². The number of hydrogen-bond acceptors (Lipinski definition) is 4. The Hall–Kier alpha value is -3.18. The number of nitrogens with zero attached hydrogens (tertiary/aromatic N) is 2. The number of halogens is 3. The molecular formula is C19H13ClF2N2O4. The molecule has 2 aromatic rings. The second-order valence-electron chi connectivity index (χ2n) is 6.19. The SMILES string of the molecule is COc1cn(C(=CC2CC2(F)F)C(=O)O)c(=O)cc1-c1cc(Cl)ccc1C#N. The van der Waals surface area contributed by atoms with Crippen molar-refractivity contribution in [1.29, 1.82) is 5.26 Å². The first-order valence-electron chi connectivity index (χ1n) is 8.02. The van der Waals surface area contributed by atoms with Gasteiger partial charge in [0.15, 0.2) is 0 Å². The minimum absolute atomic E-state index is 0.0769. The molecular weight excluding hydrogens is 394 g/mol. The molecule has 1 aliphatic carbocycles. The number of ether oxygens (including phenoxy) is 1. The zero-order chi connectivity index (χ0) is 20.6. The summed E-state index contributed by atoms with van der Waals surface area (Å²) >= 11 is 5.98. The van der Waals surface area contributed by atoms with Crippen LogP contribution in [0.3, 0.4) is 0 Å². The second-order valence-corrected chi connectivity index (χ2v) is 6.63. The van der Waals surface area contributed by atoms with E-state index in [0.29, 0.717) is 10.6 Å². The van der Waals surface area contributed by atoms with Crippen LogP contribution < -0.4 is 10.3 Å². The van der Waals surface area contributed by atoms with Crippen LogP contribution in [0.2, 0.25) is 5.02 Å². The Balaban J connectivity index is 2.18. The van der Waals surface area contributed by atoms with Crippen molar-refractivity contribution in [1.82, 2.24) is 4.57 Å².